The van der Waals surface area contributed by atoms with Gasteiger partial charge in [0.05, 0.1) is 12.2 Å². The quantitative estimate of drug-likeness (QED) is 0.423. The second kappa shape index (κ2) is 10.1. The predicted molar refractivity (Wildman–Crippen MR) is 104 cm³/mol. The molecule has 0 aromatic carbocycles. The molecule has 2 N–H and O–H groups in total. The van der Waals surface area contributed by atoms with E-state index in [9.17, 15) is 0 Å². The summed E-state index contributed by atoms with van der Waals surface area (Å²) >= 11 is 0. The van der Waals surface area contributed by atoms with Crippen molar-refractivity contribution in [2.45, 2.75) is 39.2 Å². The first kappa shape index (κ1) is 20.2. The Hall–Kier alpha value is -0.830. The Labute approximate surface area is 156 Å². The summed E-state index contributed by atoms with van der Waals surface area (Å²) in [5, 5.41) is 10.8. The van der Waals surface area contributed by atoms with Gasteiger partial charge in [-0.3, -0.25) is 4.99 Å². The van der Waals surface area contributed by atoms with Crippen molar-refractivity contribution in [3.05, 3.63) is 17.5 Å². The van der Waals surface area contributed by atoms with Gasteiger partial charge in [0.1, 0.15) is 0 Å². The third-order valence-corrected chi connectivity index (χ3v) is 4.10. The van der Waals surface area contributed by atoms with Gasteiger partial charge in [-0.1, -0.05) is 19.0 Å². The van der Waals surface area contributed by atoms with Gasteiger partial charge < -0.3 is 20.1 Å². The molecule has 1 unspecified atom stereocenters. The minimum Gasteiger partial charge on any atom is -0.359 e. The molecule has 132 valence electrons. The van der Waals surface area contributed by atoms with Gasteiger partial charge in [0, 0.05) is 26.2 Å². The number of halogens is 1. The summed E-state index contributed by atoms with van der Waals surface area (Å²) in [7, 11) is 3.98. The van der Waals surface area contributed by atoms with Crippen molar-refractivity contribution in [3.8, 4) is 0 Å². The fourth-order valence-electron chi connectivity index (χ4n) is 2.76. The van der Waals surface area contributed by atoms with Crippen molar-refractivity contribution >= 4 is 29.9 Å². The van der Waals surface area contributed by atoms with Crippen molar-refractivity contribution in [1.29, 1.82) is 0 Å². The van der Waals surface area contributed by atoms with Gasteiger partial charge in [0.15, 0.2) is 11.7 Å². The highest BCUT2D eigenvalue weighted by Gasteiger charge is 2.17. The number of nitrogens with zero attached hydrogens (tertiary/aromatic N) is 3. The maximum Gasteiger partial charge on any atom is 0.191 e. The van der Waals surface area contributed by atoms with Gasteiger partial charge in [-0.2, -0.15) is 0 Å². The molecule has 0 saturated carbocycles. The Morgan fingerprint density at radius 2 is 2.26 bits per heavy atom. The Bertz CT molecular complexity index is 489. The first-order valence-electron chi connectivity index (χ1n) is 8.17. The molecule has 0 amide bonds. The lowest BCUT2D eigenvalue weighted by Gasteiger charge is -2.30. The second-order valence-electron chi connectivity index (χ2n) is 6.45. The molecule has 0 bridgehead atoms. The number of aromatic nitrogens is 1. The second-order valence-corrected chi connectivity index (χ2v) is 6.45. The summed E-state index contributed by atoms with van der Waals surface area (Å²) < 4.78 is 5.33. The van der Waals surface area contributed by atoms with E-state index in [0.29, 0.717) is 18.4 Å². The van der Waals surface area contributed by atoms with Crippen LogP contribution in [0.25, 0.3) is 0 Å². The van der Waals surface area contributed by atoms with Crippen molar-refractivity contribution in [2.75, 3.05) is 33.7 Å². The summed E-state index contributed by atoms with van der Waals surface area (Å²) in [5.74, 6) is 2.73. The highest BCUT2D eigenvalue weighted by atomic mass is 127. The monoisotopic (exact) mass is 435 g/mol. The zero-order chi connectivity index (χ0) is 15.9. The molecule has 0 aliphatic carbocycles. The van der Waals surface area contributed by atoms with E-state index in [-0.39, 0.29) is 24.0 Å². The fourth-order valence-corrected chi connectivity index (χ4v) is 2.76. The molecule has 2 heterocycles. The number of hydrogen-bond donors (Lipinski definition) is 2. The van der Waals surface area contributed by atoms with E-state index in [4.69, 9.17) is 4.52 Å². The van der Waals surface area contributed by atoms with Crippen LogP contribution in [-0.4, -0.2) is 49.7 Å². The van der Waals surface area contributed by atoms with Crippen molar-refractivity contribution in [1.82, 2.24) is 20.7 Å². The maximum atomic E-state index is 5.33. The van der Waals surface area contributed by atoms with Crippen LogP contribution >= 0.6 is 24.0 Å². The highest BCUT2D eigenvalue weighted by molar-refractivity contribution is 14.0. The van der Waals surface area contributed by atoms with E-state index in [1.807, 2.05) is 6.07 Å². The minimum atomic E-state index is 0. The predicted octanol–water partition coefficient (Wildman–Crippen LogP) is 2.42. The van der Waals surface area contributed by atoms with Crippen LogP contribution in [0.15, 0.2) is 15.6 Å². The Morgan fingerprint density at radius 3 is 2.87 bits per heavy atom. The van der Waals surface area contributed by atoms with Crippen molar-refractivity contribution in [3.63, 3.8) is 0 Å². The summed E-state index contributed by atoms with van der Waals surface area (Å²) in [4.78, 5) is 6.66. The standard InChI is InChI=1S/C16H29N5O.HI/c1-12(2)15-8-14(22-20-15)10-19-16(17-3)18-9-13-6-5-7-21(4)11-13;/h8,12-13H,5-7,9-11H2,1-4H3,(H2,17,18,19);1H. The van der Waals surface area contributed by atoms with Gasteiger partial charge >= 0.3 is 0 Å². The van der Waals surface area contributed by atoms with E-state index >= 15 is 0 Å². The molecule has 1 fully saturated rings. The molecule has 23 heavy (non-hydrogen) atoms. The summed E-state index contributed by atoms with van der Waals surface area (Å²) in [6.07, 6.45) is 2.57. The summed E-state index contributed by atoms with van der Waals surface area (Å²) in [5.41, 5.74) is 0.991. The van der Waals surface area contributed by atoms with Crippen LogP contribution in [0.5, 0.6) is 0 Å². The average Bonchev–Trinajstić information content (AvgIpc) is 2.97. The number of aliphatic imine (C=N–C) groups is 1. The Morgan fingerprint density at radius 1 is 1.48 bits per heavy atom. The molecule has 6 nitrogen and oxygen atoms in total. The molecular formula is C16H30IN5O. The fraction of sp³-hybridized carbons (Fsp3) is 0.750. The Balaban J connectivity index is 0.00000264. The van der Waals surface area contributed by atoms with Crippen LogP contribution in [0.2, 0.25) is 0 Å². The minimum absolute atomic E-state index is 0. The number of guanidine groups is 1. The molecule has 1 saturated heterocycles. The zero-order valence-electron chi connectivity index (χ0n) is 14.6. The molecular weight excluding hydrogens is 405 g/mol. The lowest BCUT2D eigenvalue weighted by Crippen LogP contribution is -2.43. The lowest BCUT2D eigenvalue weighted by atomic mass is 9.99. The normalized spacial score (nSPS) is 19.5. The van der Waals surface area contributed by atoms with Crippen LogP contribution in [0.4, 0.5) is 0 Å². The molecule has 1 aliphatic rings. The van der Waals surface area contributed by atoms with Crippen LogP contribution in [0.3, 0.4) is 0 Å². The van der Waals surface area contributed by atoms with Gasteiger partial charge in [0.25, 0.3) is 0 Å². The van der Waals surface area contributed by atoms with Crippen LogP contribution in [-0.2, 0) is 6.54 Å². The molecule has 0 spiro atoms. The van der Waals surface area contributed by atoms with E-state index in [1.54, 1.807) is 7.05 Å². The third kappa shape index (κ3) is 6.66. The third-order valence-electron chi connectivity index (χ3n) is 4.10. The van der Waals surface area contributed by atoms with E-state index in [1.165, 1.54) is 19.4 Å². The molecule has 1 aliphatic heterocycles. The molecule has 1 atom stereocenters. The average molecular weight is 435 g/mol. The smallest absolute Gasteiger partial charge is 0.191 e. The van der Waals surface area contributed by atoms with Gasteiger partial charge in [-0.05, 0) is 38.3 Å². The first-order valence-corrected chi connectivity index (χ1v) is 8.17. The number of rotatable bonds is 5. The lowest BCUT2D eigenvalue weighted by molar-refractivity contribution is 0.210. The van der Waals surface area contributed by atoms with Crippen LogP contribution < -0.4 is 10.6 Å². The maximum absolute atomic E-state index is 5.33. The molecule has 2 rings (SSSR count). The molecule has 1 aromatic heterocycles. The zero-order valence-corrected chi connectivity index (χ0v) is 17.0. The van der Waals surface area contributed by atoms with Crippen LogP contribution in [0.1, 0.15) is 44.1 Å². The molecule has 1 aromatic rings. The molecule has 7 heteroatoms. The van der Waals surface area contributed by atoms with E-state index < -0.39 is 0 Å². The van der Waals surface area contributed by atoms with Crippen molar-refractivity contribution in [2.24, 2.45) is 10.9 Å². The largest absolute Gasteiger partial charge is 0.359 e. The summed E-state index contributed by atoms with van der Waals surface area (Å²) in [6.45, 7) is 8.14. The van der Waals surface area contributed by atoms with Gasteiger partial charge in [-0.25, -0.2) is 0 Å². The Kier molecular flexibility index (Phi) is 8.90. The van der Waals surface area contributed by atoms with Crippen molar-refractivity contribution < 1.29 is 4.52 Å². The summed E-state index contributed by atoms with van der Waals surface area (Å²) in [6, 6.07) is 2.00. The molecule has 0 radical (unpaired) electrons. The van der Waals surface area contributed by atoms with Gasteiger partial charge in [-0.15, -0.1) is 24.0 Å². The SMILES string of the molecule is CN=C(NCc1cc(C(C)C)no1)NCC1CCCN(C)C1.I. The topological polar surface area (TPSA) is 65.7 Å². The van der Waals surface area contributed by atoms with Crippen LogP contribution in [0, 0.1) is 5.92 Å². The van der Waals surface area contributed by atoms with E-state index in [0.717, 1.165) is 30.5 Å². The number of nitrogens with one attached hydrogen (secondary N) is 2. The van der Waals surface area contributed by atoms with E-state index in [2.05, 4.69) is 46.6 Å². The first-order chi connectivity index (χ1) is 10.6. The highest BCUT2D eigenvalue weighted by Crippen LogP contribution is 2.14. The number of hydrogen-bond acceptors (Lipinski definition) is 4. The van der Waals surface area contributed by atoms with Gasteiger partial charge in [0.2, 0.25) is 0 Å². The number of likely N-dealkylation sites (tertiary alicyclic amines) is 1. The number of piperidine rings is 1.